The molecule has 0 spiro atoms. The number of nitrogens with zero attached hydrogens (tertiary/aromatic N) is 1. The SMILES string of the molecule is C.CCO.CCOC(=O)C(OCc1ccccc1)C(C)=O.Cc1nc(N)[nH]c(=O)c1OCc1ccccc1.[H-]. The van der Waals surface area contributed by atoms with Crippen molar-refractivity contribution in [2.24, 2.45) is 0 Å². The number of ether oxygens (including phenoxy) is 3. The van der Waals surface area contributed by atoms with E-state index in [2.05, 4.69) is 9.97 Å². The predicted molar refractivity (Wildman–Crippen MR) is 148 cm³/mol. The summed E-state index contributed by atoms with van der Waals surface area (Å²) in [6.45, 7) is 7.39. The van der Waals surface area contributed by atoms with Crippen molar-refractivity contribution in [3.05, 3.63) is 87.8 Å². The Balaban J connectivity index is 0. The molecule has 1 aromatic heterocycles. The monoisotopic (exact) mass is 530 g/mol. The van der Waals surface area contributed by atoms with E-state index in [-0.39, 0.29) is 51.7 Å². The zero-order valence-corrected chi connectivity index (χ0v) is 21.6. The summed E-state index contributed by atoms with van der Waals surface area (Å²) < 4.78 is 15.5. The van der Waals surface area contributed by atoms with Crippen LogP contribution in [0.3, 0.4) is 0 Å². The average molecular weight is 531 g/mol. The summed E-state index contributed by atoms with van der Waals surface area (Å²) >= 11 is 0. The number of aliphatic hydroxyl groups is 1. The van der Waals surface area contributed by atoms with Crippen LogP contribution in [0.2, 0.25) is 0 Å². The summed E-state index contributed by atoms with van der Waals surface area (Å²) in [5.74, 6) is -0.669. The molecule has 0 aliphatic heterocycles. The Hall–Kier alpha value is -4.02. The van der Waals surface area contributed by atoms with Crippen molar-refractivity contribution in [2.75, 3.05) is 18.9 Å². The molecule has 0 aliphatic rings. The molecule has 0 aliphatic carbocycles. The predicted octanol–water partition coefficient (Wildman–Crippen LogP) is 3.71. The molecular formula is C28H40N3O7-. The van der Waals surface area contributed by atoms with Crippen LogP contribution in [0.1, 0.15) is 46.4 Å². The molecule has 38 heavy (non-hydrogen) atoms. The summed E-state index contributed by atoms with van der Waals surface area (Å²) in [4.78, 5) is 40.6. The molecule has 0 saturated heterocycles. The number of aliphatic hydroxyl groups excluding tert-OH is 1. The van der Waals surface area contributed by atoms with E-state index in [1.54, 1.807) is 20.8 Å². The number of H-pyrrole nitrogens is 1. The second-order valence-corrected chi connectivity index (χ2v) is 7.50. The molecule has 3 aromatic rings. The van der Waals surface area contributed by atoms with Crippen LogP contribution in [0.5, 0.6) is 5.75 Å². The number of anilines is 1. The van der Waals surface area contributed by atoms with E-state index in [9.17, 15) is 14.4 Å². The van der Waals surface area contributed by atoms with Gasteiger partial charge in [0.05, 0.1) is 18.9 Å². The van der Waals surface area contributed by atoms with Gasteiger partial charge in [-0.15, -0.1) is 0 Å². The zero-order chi connectivity index (χ0) is 27.6. The van der Waals surface area contributed by atoms with Crippen LogP contribution in [0.25, 0.3) is 0 Å². The number of nitrogens with two attached hydrogens (primary N) is 1. The Kier molecular flexibility index (Phi) is 17.1. The molecule has 2 aromatic carbocycles. The summed E-state index contributed by atoms with van der Waals surface area (Å²) in [7, 11) is 0. The fourth-order valence-corrected chi connectivity index (χ4v) is 2.82. The van der Waals surface area contributed by atoms with Gasteiger partial charge in [-0.3, -0.25) is 14.6 Å². The lowest BCUT2D eigenvalue weighted by molar-refractivity contribution is -0.161. The van der Waals surface area contributed by atoms with Crippen molar-refractivity contribution in [1.82, 2.24) is 9.97 Å². The average Bonchev–Trinajstić information content (AvgIpc) is 2.86. The normalized spacial score (nSPS) is 10.3. The Morgan fingerprint density at radius 3 is 1.97 bits per heavy atom. The number of carbonyl (C=O) groups is 2. The summed E-state index contributed by atoms with van der Waals surface area (Å²) in [6.07, 6.45) is -1.13. The largest absolute Gasteiger partial charge is 1.00 e. The minimum Gasteiger partial charge on any atom is -1.00 e. The molecule has 3 rings (SSSR count). The number of aryl methyl sites for hydroxylation is 1. The second kappa shape index (κ2) is 19.1. The first-order valence-corrected chi connectivity index (χ1v) is 11.7. The smallest absolute Gasteiger partial charge is 0.343 e. The van der Waals surface area contributed by atoms with E-state index in [1.807, 2.05) is 60.7 Å². The van der Waals surface area contributed by atoms with Crippen LogP contribution in [-0.2, 0) is 32.3 Å². The highest BCUT2D eigenvalue weighted by Crippen LogP contribution is 2.11. The molecule has 0 radical (unpaired) electrons. The summed E-state index contributed by atoms with van der Waals surface area (Å²) in [5, 5.41) is 7.57. The van der Waals surface area contributed by atoms with Gasteiger partial charge in [-0.2, -0.15) is 0 Å². The molecule has 210 valence electrons. The number of aromatic amines is 1. The van der Waals surface area contributed by atoms with Gasteiger partial charge >= 0.3 is 5.97 Å². The maximum atomic E-state index is 11.6. The Labute approximate surface area is 225 Å². The lowest BCUT2D eigenvalue weighted by Gasteiger charge is -2.13. The maximum absolute atomic E-state index is 11.6. The maximum Gasteiger partial charge on any atom is 0.343 e. The number of rotatable bonds is 9. The van der Waals surface area contributed by atoms with Crippen molar-refractivity contribution in [3.63, 3.8) is 0 Å². The third kappa shape index (κ3) is 12.8. The minimum atomic E-state index is -1.13. The molecule has 0 saturated carbocycles. The Morgan fingerprint density at radius 1 is 1.03 bits per heavy atom. The fraction of sp³-hybridized carbons (Fsp3) is 0.357. The van der Waals surface area contributed by atoms with Gasteiger partial charge in [-0.25, -0.2) is 9.78 Å². The number of esters is 1. The third-order valence-electron chi connectivity index (χ3n) is 4.42. The molecule has 0 bridgehead atoms. The second-order valence-electron chi connectivity index (χ2n) is 7.50. The molecular weight excluding hydrogens is 490 g/mol. The molecule has 0 fully saturated rings. The molecule has 10 nitrogen and oxygen atoms in total. The Morgan fingerprint density at radius 2 is 1.53 bits per heavy atom. The minimum absolute atomic E-state index is 0. The van der Waals surface area contributed by atoms with Gasteiger partial charge < -0.3 is 26.5 Å². The van der Waals surface area contributed by atoms with E-state index >= 15 is 0 Å². The van der Waals surface area contributed by atoms with Crippen LogP contribution < -0.4 is 16.0 Å². The number of benzene rings is 2. The number of Topliss-reactive ketones (excluding diaryl/α,β-unsaturated/α-hetero) is 1. The third-order valence-corrected chi connectivity index (χ3v) is 4.42. The zero-order valence-electron chi connectivity index (χ0n) is 22.6. The van der Waals surface area contributed by atoms with Crippen LogP contribution in [-0.4, -0.2) is 46.1 Å². The summed E-state index contributed by atoms with van der Waals surface area (Å²) in [5.41, 5.74) is 7.44. The van der Waals surface area contributed by atoms with Crippen molar-refractivity contribution in [2.45, 2.75) is 54.4 Å². The number of ketones is 1. The number of nitrogen functional groups attached to an aromatic ring is 1. The van der Waals surface area contributed by atoms with Crippen molar-refractivity contribution >= 4 is 17.7 Å². The molecule has 0 amide bonds. The van der Waals surface area contributed by atoms with Gasteiger partial charge in [0.15, 0.2) is 5.78 Å². The number of hydrogen-bond donors (Lipinski definition) is 3. The molecule has 1 heterocycles. The summed E-state index contributed by atoms with van der Waals surface area (Å²) in [6, 6.07) is 18.9. The van der Waals surface area contributed by atoms with Gasteiger partial charge in [0.25, 0.3) is 5.56 Å². The van der Waals surface area contributed by atoms with E-state index < -0.39 is 12.1 Å². The molecule has 1 unspecified atom stereocenters. The van der Waals surface area contributed by atoms with E-state index in [4.69, 9.17) is 25.1 Å². The molecule has 10 heteroatoms. The van der Waals surface area contributed by atoms with Gasteiger partial charge in [-0.1, -0.05) is 68.1 Å². The highest BCUT2D eigenvalue weighted by molar-refractivity contribution is 6.00. The quantitative estimate of drug-likeness (QED) is 0.277. The highest BCUT2D eigenvalue weighted by atomic mass is 16.6. The van der Waals surface area contributed by atoms with Gasteiger partial charge in [0.1, 0.15) is 6.61 Å². The molecule has 4 N–H and O–H groups in total. The number of carbonyl (C=O) groups excluding carboxylic acids is 2. The van der Waals surface area contributed by atoms with Gasteiger partial charge in [0, 0.05) is 6.61 Å². The lowest BCUT2D eigenvalue weighted by Crippen LogP contribution is -2.33. The van der Waals surface area contributed by atoms with E-state index in [0.717, 1.165) is 11.1 Å². The highest BCUT2D eigenvalue weighted by Gasteiger charge is 2.25. The van der Waals surface area contributed by atoms with Gasteiger partial charge in [0.2, 0.25) is 17.8 Å². The van der Waals surface area contributed by atoms with E-state index in [0.29, 0.717) is 12.3 Å². The number of aromatic nitrogens is 2. The standard InChI is InChI=1S/C13H16O4.C12H13N3O2.C2H6O.CH4.H/c1-3-16-13(15)12(10(2)14)17-9-11-7-5-4-6-8-11;1-8-10(11(16)15-12(13)14-8)17-7-9-5-3-2-4-6-9;1-2-3;;/h4-8,12H,3,9H2,1-2H3;2-6H,7H2,1H3,(H3,13,14,15,16);3H,2H2,1H3;1H4;/q;;;;-1. The van der Waals surface area contributed by atoms with Gasteiger partial charge in [-0.05, 0) is 38.8 Å². The number of hydrogen-bond acceptors (Lipinski definition) is 9. The van der Waals surface area contributed by atoms with Crippen molar-refractivity contribution in [1.29, 1.82) is 0 Å². The van der Waals surface area contributed by atoms with Crippen LogP contribution >= 0.6 is 0 Å². The number of nitrogens with one attached hydrogen (secondary N) is 1. The topological polar surface area (TPSA) is 154 Å². The lowest BCUT2D eigenvalue weighted by atomic mass is 10.2. The molecule has 1 atom stereocenters. The van der Waals surface area contributed by atoms with Crippen LogP contribution in [0.4, 0.5) is 5.95 Å². The van der Waals surface area contributed by atoms with Crippen molar-refractivity contribution in [3.8, 4) is 5.75 Å². The first kappa shape index (κ1) is 34.0. The first-order valence-electron chi connectivity index (χ1n) is 11.7. The van der Waals surface area contributed by atoms with Crippen molar-refractivity contribution < 1.29 is 30.3 Å². The fourth-order valence-electron chi connectivity index (χ4n) is 2.82. The van der Waals surface area contributed by atoms with Crippen LogP contribution in [0.15, 0.2) is 65.5 Å². The Bertz CT molecular complexity index is 1140. The van der Waals surface area contributed by atoms with E-state index in [1.165, 1.54) is 6.92 Å². The first-order chi connectivity index (χ1) is 17.7. The van der Waals surface area contributed by atoms with Crippen LogP contribution in [0, 0.1) is 6.92 Å².